The van der Waals surface area contributed by atoms with Crippen molar-refractivity contribution in [3.8, 4) is 0 Å². The van der Waals surface area contributed by atoms with Gasteiger partial charge < -0.3 is 9.88 Å². The van der Waals surface area contributed by atoms with Gasteiger partial charge in [-0.2, -0.15) is 0 Å². The number of fused-ring (bicyclic) bond motifs is 1. The Labute approximate surface area is 113 Å². The molecule has 5 heteroatoms. The number of H-pyrrole nitrogens is 1. The zero-order chi connectivity index (χ0) is 12.5. The predicted octanol–water partition coefficient (Wildman–Crippen LogP) is 2.37. The Kier molecular flexibility index (Phi) is 2.91. The van der Waals surface area contributed by atoms with E-state index in [1.807, 2.05) is 11.0 Å². The van der Waals surface area contributed by atoms with E-state index in [0.717, 1.165) is 17.6 Å². The van der Waals surface area contributed by atoms with Gasteiger partial charge in [0.05, 0.1) is 4.60 Å². The Balaban J connectivity index is 1.82. The first-order valence-corrected chi connectivity index (χ1v) is 6.59. The minimum Gasteiger partial charge on any atom is -0.353 e. The molecule has 0 bridgehead atoms. The van der Waals surface area contributed by atoms with E-state index >= 15 is 0 Å². The lowest BCUT2D eigenvalue weighted by molar-refractivity contribution is 0.0734. The molecule has 0 spiro atoms. The van der Waals surface area contributed by atoms with Crippen LogP contribution in [0.5, 0.6) is 0 Å². The number of carbonyl (C=O) groups excluding carboxylic acids is 1. The van der Waals surface area contributed by atoms with Crippen LogP contribution in [0.25, 0.3) is 0 Å². The molecule has 0 saturated carbocycles. The molecule has 0 saturated heterocycles. The molecule has 3 rings (SSSR count). The lowest BCUT2D eigenvalue weighted by Gasteiger charge is -2.27. The van der Waals surface area contributed by atoms with Gasteiger partial charge in [-0.15, -0.1) is 0 Å². The minimum absolute atomic E-state index is 0.0698. The summed E-state index contributed by atoms with van der Waals surface area (Å²) in [6.07, 6.45) is 4.17. The maximum Gasteiger partial charge on any atom is 0.254 e. The average molecular weight is 306 g/mol. The van der Waals surface area contributed by atoms with Crippen molar-refractivity contribution in [2.75, 3.05) is 6.54 Å². The van der Waals surface area contributed by atoms with Crippen molar-refractivity contribution in [3.05, 3.63) is 52.0 Å². The number of halogens is 1. The smallest absolute Gasteiger partial charge is 0.254 e. The first kappa shape index (κ1) is 11.5. The summed E-state index contributed by atoms with van der Waals surface area (Å²) >= 11 is 3.43. The van der Waals surface area contributed by atoms with Crippen LogP contribution in [0.2, 0.25) is 0 Å². The first-order valence-electron chi connectivity index (χ1n) is 5.79. The fraction of sp³-hybridized carbons (Fsp3) is 0.231. The van der Waals surface area contributed by atoms with Crippen LogP contribution in [0, 0.1) is 0 Å². The number of amides is 1. The number of rotatable bonds is 1. The van der Waals surface area contributed by atoms with Crippen LogP contribution in [0.1, 0.15) is 21.6 Å². The summed E-state index contributed by atoms with van der Waals surface area (Å²) in [7, 11) is 0. The topological polar surface area (TPSA) is 49.0 Å². The summed E-state index contributed by atoms with van der Waals surface area (Å²) in [6.45, 7) is 1.42. The SMILES string of the molecule is O=C(c1ccncc1)N1CCc2[nH]c(Br)cc2C1. The minimum atomic E-state index is 0.0698. The summed E-state index contributed by atoms with van der Waals surface area (Å²) < 4.78 is 0.978. The third-order valence-corrected chi connectivity index (χ3v) is 3.59. The summed E-state index contributed by atoms with van der Waals surface area (Å²) in [5.74, 6) is 0.0698. The van der Waals surface area contributed by atoms with E-state index in [1.165, 1.54) is 11.3 Å². The Hall–Kier alpha value is -1.62. The monoisotopic (exact) mass is 305 g/mol. The van der Waals surface area contributed by atoms with Crippen molar-refractivity contribution < 1.29 is 4.79 Å². The van der Waals surface area contributed by atoms with Crippen molar-refractivity contribution in [2.24, 2.45) is 0 Å². The number of carbonyl (C=O) groups is 1. The standard InChI is InChI=1S/C13H12BrN3O/c14-12-7-10-8-17(6-3-11(10)16-12)13(18)9-1-4-15-5-2-9/h1-2,4-5,7,16H,3,6,8H2. The lowest BCUT2D eigenvalue weighted by atomic mass is 10.1. The van der Waals surface area contributed by atoms with Crippen LogP contribution in [-0.4, -0.2) is 27.3 Å². The molecule has 0 unspecified atom stereocenters. The number of hydrogen-bond donors (Lipinski definition) is 1. The summed E-state index contributed by atoms with van der Waals surface area (Å²) in [5, 5.41) is 0. The van der Waals surface area contributed by atoms with Gasteiger partial charge in [-0.3, -0.25) is 9.78 Å². The largest absolute Gasteiger partial charge is 0.353 e. The van der Waals surface area contributed by atoms with Gasteiger partial charge in [-0.05, 0) is 39.7 Å². The number of pyridine rings is 1. The Bertz CT molecular complexity index is 579. The zero-order valence-electron chi connectivity index (χ0n) is 9.69. The molecule has 2 aromatic rings. The van der Waals surface area contributed by atoms with Gasteiger partial charge in [0.2, 0.25) is 0 Å². The van der Waals surface area contributed by atoms with E-state index in [-0.39, 0.29) is 5.91 Å². The van der Waals surface area contributed by atoms with Crippen molar-refractivity contribution in [2.45, 2.75) is 13.0 Å². The Morgan fingerprint density at radius 3 is 2.94 bits per heavy atom. The molecular weight excluding hydrogens is 294 g/mol. The highest BCUT2D eigenvalue weighted by Crippen LogP contribution is 2.23. The molecule has 0 fully saturated rings. The highest BCUT2D eigenvalue weighted by atomic mass is 79.9. The van der Waals surface area contributed by atoms with Gasteiger partial charge >= 0.3 is 0 Å². The van der Waals surface area contributed by atoms with Gasteiger partial charge in [-0.1, -0.05) is 0 Å². The van der Waals surface area contributed by atoms with Crippen LogP contribution in [0.15, 0.2) is 35.2 Å². The number of aromatic nitrogens is 2. The molecule has 1 aliphatic rings. The van der Waals surface area contributed by atoms with Gasteiger partial charge in [-0.25, -0.2) is 0 Å². The second kappa shape index (κ2) is 4.57. The van der Waals surface area contributed by atoms with Crippen molar-refractivity contribution in [1.82, 2.24) is 14.9 Å². The molecule has 3 heterocycles. The van der Waals surface area contributed by atoms with E-state index in [4.69, 9.17) is 0 Å². The maximum atomic E-state index is 12.3. The maximum absolute atomic E-state index is 12.3. The van der Waals surface area contributed by atoms with E-state index in [2.05, 4.69) is 25.9 Å². The second-order valence-electron chi connectivity index (χ2n) is 4.33. The molecular formula is C13H12BrN3O. The number of aromatic amines is 1. The number of hydrogen-bond acceptors (Lipinski definition) is 2. The van der Waals surface area contributed by atoms with Crippen LogP contribution < -0.4 is 0 Å². The third kappa shape index (κ3) is 2.06. The second-order valence-corrected chi connectivity index (χ2v) is 5.19. The van der Waals surface area contributed by atoms with E-state index in [9.17, 15) is 4.79 Å². The molecule has 0 radical (unpaired) electrons. The van der Waals surface area contributed by atoms with Gasteiger partial charge in [0.1, 0.15) is 0 Å². The predicted molar refractivity (Wildman–Crippen MR) is 71.2 cm³/mol. The Morgan fingerprint density at radius 1 is 1.39 bits per heavy atom. The molecule has 0 aromatic carbocycles. The van der Waals surface area contributed by atoms with Crippen LogP contribution in [0.3, 0.4) is 0 Å². The van der Waals surface area contributed by atoms with Crippen LogP contribution in [0.4, 0.5) is 0 Å². The van der Waals surface area contributed by atoms with Crippen LogP contribution >= 0.6 is 15.9 Å². The fourth-order valence-corrected chi connectivity index (χ4v) is 2.76. The number of nitrogens with one attached hydrogen (secondary N) is 1. The highest BCUT2D eigenvalue weighted by molar-refractivity contribution is 9.10. The first-order chi connectivity index (χ1) is 8.74. The zero-order valence-corrected chi connectivity index (χ0v) is 11.3. The average Bonchev–Trinajstić information content (AvgIpc) is 2.78. The van der Waals surface area contributed by atoms with Gasteiger partial charge in [0.25, 0.3) is 5.91 Å². The molecule has 0 atom stereocenters. The summed E-state index contributed by atoms with van der Waals surface area (Å²) in [4.78, 5) is 21.4. The molecule has 1 aliphatic heterocycles. The Morgan fingerprint density at radius 2 is 2.17 bits per heavy atom. The molecule has 18 heavy (non-hydrogen) atoms. The lowest BCUT2D eigenvalue weighted by Crippen LogP contribution is -2.35. The molecule has 92 valence electrons. The molecule has 0 aliphatic carbocycles. The molecule has 1 N–H and O–H groups in total. The summed E-state index contributed by atoms with van der Waals surface area (Å²) in [6, 6.07) is 5.55. The molecule has 1 amide bonds. The fourth-order valence-electron chi connectivity index (χ4n) is 2.25. The van der Waals surface area contributed by atoms with Crippen molar-refractivity contribution >= 4 is 21.8 Å². The highest BCUT2D eigenvalue weighted by Gasteiger charge is 2.22. The van der Waals surface area contributed by atoms with E-state index in [0.29, 0.717) is 12.1 Å². The molecule has 4 nitrogen and oxygen atoms in total. The van der Waals surface area contributed by atoms with Gasteiger partial charge in [0, 0.05) is 43.2 Å². The van der Waals surface area contributed by atoms with E-state index < -0.39 is 0 Å². The van der Waals surface area contributed by atoms with Crippen LogP contribution in [-0.2, 0) is 13.0 Å². The van der Waals surface area contributed by atoms with Gasteiger partial charge in [0.15, 0.2) is 0 Å². The summed E-state index contributed by atoms with van der Waals surface area (Å²) in [5.41, 5.74) is 3.11. The number of nitrogens with zero attached hydrogens (tertiary/aromatic N) is 2. The normalized spacial score (nSPS) is 14.4. The van der Waals surface area contributed by atoms with Crippen molar-refractivity contribution in [1.29, 1.82) is 0 Å². The molecule has 2 aromatic heterocycles. The third-order valence-electron chi connectivity index (χ3n) is 3.17. The van der Waals surface area contributed by atoms with E-state index in [1.54, 1.807) is 24.5 Å². The van der Waals surface area contributed by atoms with Crippen molar-refractivity contribution in [3.63, 3.8) is 0 Å². The quantitative estimate of drug-likeness (QED) is 0.879.